The minimum Gasteiger partial charge on any atom is -0.494 e. The van der Waals surface area contributed by atoms with Crippen LogP contribution in [0, 0.1) is 13.8 Å². The normalized spacial score (nSPS) is 11.1. The summed E-state index contributed by atoms with van der Waals surface area (Å²) >= 11 is 0. The Bertz CT molecular complexity index is 1140. The Hall–Kier alpha value is -3.61. The standard InChI is InChI=1S/C20H19N5O2/c1-11-9-25(10-22-11)17-14(8-13(19(21)26)12(2)18(17)27-3)20-23-15-6-4-5-7-16(15)24-20/h4-10H,1-3H3,(H2,21,26)(H,23,24). The highest BCUT2D eigenvalue weighted by molar-refractivity contribution is 5.98. The summed E-state index contributed by atoms with van der Waals surface area (Å²) in [5.41, 5.74) is 10.7. The van der Waals surface area contributed by atoms with E-state index in [0.29, 0.717) is 28.3 Å². The van der Waals surface area contributed by atoms with Crippen LogP contribution in [0.3, 0.4) is 0 Å². The average molecular weight is 361 g/mol. The van der Waals surface area contributed by atoms with Gasteiger partial charge < -0.3 is 20.0 Å². The molecule has 136 valence electrons. The molecule has 4 aromatic rings. The number of para-hydroxylation sites is 2. The third-order valence-electron chi connectivity index (χ3n) is 4.59. The lowest BCUT2D eigenvalue weighted by atomic mass is 10.00. The molecule has 0 aliphatic heterocycles. The zero-order valence-corrected chi connectivity index (χ0v) is 15.3. The largest absolute Gasteiger partial charge is 0.494 e. The van der Waals surface area contributed by atoms with Crippen LogP contribution in [0.25, 0.3) is 28.1 Å². The molecule has 27 heavy (non-hydrogen) atoms. The summed E-state index contributed by atoms with van der Waals surface area (Å²) in [6.07, 6.45) is 3.61. The van der Waals surface area contributed by atoms with Gasteiger partial charge in [0.05, 0.1) is 30.2 Å². The molecule has 0 saturated heterocycles. The highest BCUT2D eigenvalue weighted by Crippen LogP contribution is 2.38. The van der Waals surface area contributed by atoms with Crippen molar-refractivity contribution in [3.8, 4) is 22.8 Å². The van der Waals surface area contributed by atoms with Crippen LogP contribution in [0.4, 0.5) is 0 Å². The van der Waals surface area contributed by atoms with Crippen molar-refractivity contribution in [3.05, 3.63) is 59.7 Å². The summed E-state index contributed by atoms with van der Waals surface area (Å²) in [4.78, 5) is 24.3. The van der Waals surface area contributed by atoms with Crippen LogP contribution in [0.5, 0.6) is 5.75 Å². The number of fused-ring (bicyclic) bond motifs is 1. The zero-order chi connectivity index (χ0) is 19.1. The van der Waals surface area contributed by atoms with Crippen LogP contribution in [0.1, 0.15) is 21.6 Å². The first-order chi connectivity index (χ1) is 13.0. The van der Waals surface area contributed by atoms with Crippen molar-refractivity contribution in [2.45, 2.75) is 13.8 Å². The van der Waals surface area contributed by atoms with Gasteiger partial charge in [-0.3, -0.25) is 4.79 Å². The predicted octanol–water partition coefficient (Wildman–Crippen LogP) is 3.14. The van der Waals surface area contributed by atoms with Crippen molar-refractivity contribution in [2.75, 3.05) is 7.11 Å². The number of carbonyl (C=O) groups is 1. The van der Waals surface area contributed by atoms with Gasteiger partial charge in [0.15, 0.2) is 0 Å². The average Bonchev–Trinajstić information content (AvgIpc) is 3.26. The molecule has 0 aliphatic rings. The van der Waals surface area contributed by atoms with Gasteiger partial charge >= 0.3 is 0 Å². The van der Waals surface area contributed by atoms with Gasteiger partial charge in [-0.25, -0.2) is 9.97 Å². The molecule has 1 amide bonds. The van der Waals surface area contributed by atoms with Crippen LogP contribution in [-0.4, -0.2) is 32.5 Å². The fraction of sp³-hybridized carbons (Fsp3) is 0.150. The van der Waals surface area contributed by atoms with E-state index in [-0.39, 0.29) is 0 Å². The Balaban J connectivity index is 2.09. The van der Waals surface area contributed by atoms with E-state index < -0.39 is 5.91 Å². The maximum Gasteiger partial charge on any atom is 0.249 e. The van der Waals surface area contributed by atoms with Gasteiger partial charge in [-0.05, 0) is 32.0 Å². The third kappa shape index (κ3) is 2.73. The lowest BCUT2D eigenvalue weighted by Gasteiger charge is -2.18. The molecule has 0 saturated carbocycles. The van der Waals surface area contributed by atoms with Crippen LogP contribution in [0.2, 0.25) is 0 Å². The lowest BCUT2D eigenvalue weighted by Crippen LogP contribution is -2.15. The maximum atomic E-state index is 12.0. The van der Waals surface area contributed by atoms with Gasteiger partial charge in [0.1, 0.15) is 17.3 Å². The molecule has 2 aromatic carbocycles. The van der Waals surface area contributed by atoms with Crippen LogP contribution in [-0.2, 0) is 0 Å². The number of aromatic amines is 1. The second-order valence-electron chi connectivity index (χ2n) is 6.37. The number of nitrogens with one attached hydrogen (secondary N) is 1. The predicted molar refractivity (Wildman–Crippen MR) is 103 cm³/mol. The number of rotatable bonds is 4. The number of amides is 1. The molecule has 0 fully saturated rings. The Morgan fingerprint density at radius 1 is 1.26 bits per heavy atom. The summed E-state index contributed by atoms with van der Waals surface area (Å²) in [5, 5.41) is 0. The Kier molecular flexibility index (Phi) is 3.92. The number of methoxy groups -OCH3 is 1. The number of carbonyl (C=O) groups excluding carboxylic acids is 1. The number of nitrogens with two attached hydrogens (primary N) is 1. The molecule has 7 nitrogen and oxygen atoms in total. The number of H-pyrrole nitrogens is 1. The minimum absolute atomic E-state index is 0.392. The lowest BCUT2D eigenvalue weighted by molar-refractivity contribution is 0.0999. The molecular formula is C20H19N5O2. The van der Waals surface area contributed by atoms with Gasteiger partial charge in [-0.15, -0.1) is 0 Å². The van der Waals surface area contributed by atoms with Crippen molar-refractivity contribution in [1.82, 2.24) is 19.5 Å². The Morgan fingerprint density at radius 3 is 2.67 bits per heavy atom. The molecule has 4 rings (SSSR count). The minimum atomic E-state index is -0.517. The van der Waals surface area contributed by atoms with Gasteiger partial charge in [0.25, 0.3) is 0 Å². The second kappa shape index (κ2) is 6.28. The number of imidazole rings is 2. The number of aryl methyl sites for hydroxylation is 1. The summed E-state index contributed by atoms with van der Waals surface area (Å²) in [6.45, 7) is 3.73. The van der Waals surface area contributed by atoms with Crippen LogP contribution < -0.4 is 10.5 Å². The molecule has 0 spiro atoms. The fourth-order valence-corrected chi connectivity index (χ4v) is 3.31. The van der Waals surface area contributed by atoms with Crippen LogP contribution >= 0.6 is 0 Å². The van der Waals surface area contributed by atoms with E-state index in [1.807, 2.05) is 48.9 Å². The summed E-state index contributed by atoms with van der Waals surface area (Å²) < 4.78 is 7.54. The first kappa shape index (κ1) is 16.8. The summed E-state index contributed by atoms with van der Waals surface area (Å²) in [6, 6.07) is 9.50. The monoisotopic (exact) mass is 361 g/mol. The van der Waals surface area contributed by atoms with E-state index in [0.717, 1.165) is 22.4 Å². The number of hydrogen-bond donors (Lipinski definition) is 2. The van der Waals surface area contributed by atoms with Crippen molar-refractivity contribution >= 4 is 16.9 Å². The SMILES string of the molecule is COc1c(C)c(C(N)=O)cc(-c2nc3ccccc3[nH]2)c1-n1cnc(C)c1. The Morgan fingerprint density at radius 2 is 2.04 bits per heavy atom. The van der Waals surface area contributed by atoms with E-state index in [9.17, 15) is 4.79 Å². The van der Waals surface area contributed by atoms with Gasteiger partial charge in [-0.1, -0.05) is 12.1 Å². The highest BCUT2D eigenvalue weighted by atomic mass is 16.5. The number of aromatic nitrogens is 4. The Labute approximate surface area is 155 Å². The molecular weight excluding hydrogens is 342 g/mol. The van der Waals surface area contributed by atoms with E-state index >= 15 is 0 Å². The van der Waals surface area contributed by atoms with Crippen molar-refractivity contribution in [1.29, 1.82) is 0 Å². The summed E-state index contributed by atoms with van der Waals surface area (Å²) in [7, 11) is 1.57. The molecule has 3 N–H and O–H groups in total. The smallest absolute Gasteiger partial charge is 0.249 e. The first-order valence-electron chi connectivity index (χ1n) is 8.47. The number of nitrogens with zero attached hydrogens (tertiary/aromatic N) is 3. The quantitative estimate of drug-likeness (QED) is 0.583. The number of benzene rings is 2. The number of primary amides is 1. The first-order valence-corrected chi connectivity index (χ1v) is 8.47. The zero-order valence-electron chi connectivity index (χ0n) is 15.3. The van der Waals surface area contributed by atoms with E-state index in [1.54, 1.807) is 19.5 Å². The van der Waals surface area contributed by atoms with Gasteiger partial charge in [0.2, 0.25) is 5.91 Å². The van der Waals surface area contributed by atoms with E-state index in [4.69, 9.17) is 10.5 Å². The van der Waals surface area contributed by atoms with Gasteiger partial charge in [-0.2, -0.15) is 0 Å². The van der Waals surface area contributed by atoms with Crippen molar-refractivity contribution in [3.63, 3.8) is 0 Å². The molecule has 0 radical (unpaired) electrons. The molecule has 0 atom stereocenters. The fourth-order valence-electron chi connectivity index (χ4n) is 3.31. The second-order valence-corrected chi connectivity index (χ2v) is 6.37. The number of hydrogen-bond acceptors (Lipinski definition) is 4. The number of ether oxygens (including phenoxy) is 1. The molecule has 7 heteroatoms. The summed E-state index contributed by atoms with van der Waals surface area (Å²) in [5.74, 6) is 0.661. The van der Waals surface area contributed by atoms with Gasteiger partial charge in [0, 0.05) is 22.9 Å². The molecule has 0 bridgehead atoms. The van der Waals surface area contributed by atoms with Crippen molar-refractivity contribution in [2.24, 2.45) is 5.73 Å². The topological polar surface area (TPSA) is 98.8 Å². The molecule has 2 aromatic heterocycles. The third-order valence-corrected chi connectivity index (χ3v) is 4.59. The molecule has 2 heterocycles. The van der Waals surface area contributed by atoms with E-state index in [1.165, 1.54) is 0 Å². The maximum absolute atomic E-state index is 12.0. The van der Waals surface area contributed by atoms with Crippen molar-refractivity contribution < 1.29 is 9.53 Å². The molecule has 0 unspecified atom stereocenters. The molecule has 0 aliphatic carbocycles. The van der Waals surface area contributed by atoms with E-state index in [2.05, 4.69) is 15.0 Å². The highest BCUT2D eigenvalue weighted by Gasteiger charge is 2.23. The van der Waals surface area contributed by atoms with Crippen LogP contribution in [0.15, 0.2) is 42.9 Å².